The van der Waals surface area contributed by atoms with Gasteiger partial charge in [-0.25, -0.2) is 0 Å². The highest BCUT2D eigenvalue weighted by atomic mass is 79.9. The number of nitrogens with zero attached hydrogens (tertiary/aromatic N) is 1. The van der Waals surface area contributed by atoms with E-state index in [0.29, 0.717) is 17.0 Å². The fourth-order valence-electron chi connectivity index (χ4n) is 3.74. The minimum atomic E-state index is -0.180. The van der Waals surface area contributed by atoms with E-state index in [1.807, 2.05) is 0 Å². The summed E-state index contributed by atoms with van der Waals surface area (Å²) >= 11 is 3.24. The van der Waals surface area contributed by atoms with E-state index in [2.05, 4.69) is 68.6 Å². The lowest BCUT2D eigenvalue weighted by molar-refractivity contribution is 0.0909. The molecule has 0 bridgehead atoms. The lowest BCUT2D eigenvalue weighted by Crippen LogP contribution is -2.36. The van der Waals surface area contributed by atoms with Crippen molar-refractivity contribution in [3.63, 3.8) is 0 Å². The molecular formula is C21H21BrN2O2. The Kier molecular flexibility index (Phi) is 5.09. The molecule has 1 atom stereocenters. The molecule has 26 heavy (non-hydrogen) atoms. The Morgan fingerprint density at radius 3 is 2.62 bits per heavy atom. The molecule has 1 aliphatic heterocycles. The zero-order chi connectivity index (χ0) is 17.9. The molecule has 2 heterocycles. The van der Waals surface area contributed by atoms with Crippen molar-refractivity contribution in [2.24, 2.45) is 0 Å². The standard InChI is InChI=1S/C21H21BrN2O2/c22-20-11-10-19(26-20)21(25)23-14-18(24-12-3-4-13-24)17-9-5-7-15-6-1-2-8-16(15)17/h1-2,5-11,18H,3-4,12-14H2,(H,23,25). The highest BCUT2D eigenvalue weighted by Gasteiger charge is 2.25. The van der Waals surface area contributed by atoms with Gasteiger partial charge in [0.05, 0.1) is 6.04 Å². The van der Waals surface area contributed by atoms with Crippen LogP contribution in [0, 0.1) is 0 Å². The smallest absolute Gasteiger partial charge is 0.287 e. The van der Waals surface area contributed by atoms with E-state index in [1.54, 1.807) is 12.1 Å². The van der Waals surface area contributed by atoms with Crippen LogP contribution >= 0.6 is 15.9 Å². The second kappa shape index (κ2) is 7.64. The average Bonchev–Trinajstić information content (AvgIpc) is 3.34. The van der Waals surface area contributed by atoms with Gasteiger partial charge in [-0.15, -0.1) is 0 Å². The fourth-order valence-corrected chi connectivity index (χ4v) is 4.05. The number of benzene rings is 2. The van der Waals surface area contributed by atoms with Gasteiger partial charge in [-0.1, -0.05) is 42.5 Å². The van der Waals surface area contributed by atoms with E-state index in [-0.39, 0.29) is 11.9 Å². The summed E-state index contributed by atoms with van der Waals surface area (Å²) in [5.41, 5.74) is 1.27. The van der Waals surface area contributed by atoms with Gasteiger partial charge in [-0.05, 0) is 70.3 Å². The Hall–Kier alpha value is -2.11. The van der Waals surface area contributed by atoms with Crippen LogP contribution in [0.2, 0.25) is 0 Å². The lowest BCUT2D eigenvalue weighted by Gasteiger charge is -2.29. The average molecular weight is 413 g/mol. The lowest BCUT2D eigenvalue weighted by atomic mass is 9.97. The molecule has 1 aliphatic rings. The van der Waals surface area contributed by atoms with Crippen LogP contribution in [0.3, 0.4) is 0 Å². The molecule has 1 saturated heterocycles. The minimum absolute atomic E-state index is 0.158. The number of amides is 1. The number of hydrogen-bond donors (Lipinski definition) is 1. The number of halogens is 1. The summed E-state index contributed by atoms with van der Waals surface area (Å²) in [6.45, 7) is 2.69. The summed E-state index contributed by atoms with van der Waals surface area (Å²) in [6, 6.07) is 18.4. The van der Waals surface area contributed by atoms with Crippen LogP contribution in [0.15, 0.2) is 63.7 Å². The predicted molar refractivity (Wildman–Crippen MR) is 106 cm³/mol. The van der Waals surface area contributed by atoms with Gasteiger partial charge in [0.15, 0.2) is 10.4 Å². The van der Waals surface area contributed by atoms with Crippen molar-refractivity contribution in [3.05, 3.63) is 70.6 Å². The summed E-state index contributed by atoms with van der Waals surface area (Å²) in [4.78, 5) is 14.9. The molecule has 1 unspecified atom stereocenters. The Bertz CT molecular complexity index is 910. The molecule has 0 saturated carbocycles. The molecule has 1 N–H and O–H groups in total. The van der Waals surface area contributed by atoms with Gasteiger partial charge in [-0.2, -0.15) is 0 Å². The second-order valence-electron chi connectivity index (χ2n) is 6.64. The fraction of sp³-hybridized carbons (Fsp3) is 0.286. The molecule has 3 aromatic rings. The number of nitrogens with one attached hydrogen (secondary N) is 1. The van der Waals surface area contributed by atoms with E-state index >= 15 is 0 Å². The molecule has 0 radical (unpaired) electrons. The monoisotopic (exact) mass is 412 g/mol. The molecule has 134 valence electrons. The van der Waals surface area contributed by atoms with Crippen LogP contribution in [0.25, 0.3) is 10.8 Å². The van der Waals surface area contributed by atoms with Gasteiger partial charge in [0, 0.05) is 6.54 Å². The van der Waals surface area contributed by atoms with Gasteiger partial charge < -0.3 is 9.73 Å². The molecule has 1 fully saturated rings. The van der Waals surface area contributed by atoms with E-state index in [0.717, 1.165) is 13.1 Å². The number of carbonyl (C=O) groups excluding carboxylic acids is 1. The van der Waals surface area contributed by atoms with Gasteiger partial charge in [0.25, 0.3) is 5.91 Å². The Labute approximate surface area is 161 Å². The largest absolute Gasteiger partial charge is 0.444 e. The summed E-state index contributed by atoms with van der Waals surface area (Å²) in [5.74, 6) is 0.148. The first-order valence-electron chi connectivity index (χ1n) is 8.97. The first-order valence-corrected chi connectivity index (χ1v) is 9.77. The normalized spacial score (nSPS) is 16.0. The van der Waals surface area contributed by atoms with Gasteiger partial charge in [0.2, 0.25) is 0 Å². The number of likely N-dealkylation sites (tertiary alicyclic amines) is 1. The predicted octanol–water partition coefficient (Wildman–Crippen LogP) is 4.76. The zero-order valence-electron chi connectivity index (χ0n) is 14.5. The zero-order valence-corrected chi connectivity index (χ0v) is 16.0. The molecule has 4 rings (SSSR count). The van der Waals surface area contributed by atoms with Gasteiger partial charge in [0.1, 0.15) is 0 Å². The maximum Gasteiger partial charge on any atom is 0.287 e. The molecule has 0 spiro atoms. The van der Waals surface area contributed by atoms with Crippen LogP contribution in [0.4, 0.5) is 0 Å². The quantitative estimate of drug-likeness (QED) is 0.656. The third kappa shape index (κ3) is 3.55. The molecule has 0 aliphatic carbocycles. The van der Waals surface area contributed by atoms with Crippen LogP contribution in [0.5, 0.6) is 0 Å². The summed E-state index contributed by atoms with van der Waals surface area (Å²) in [5, 5.41) is 5.54. The highest BCUT2D eigenvalue weighted by Crippen LogP contribution is 2.30. The topological polar surface area (TPSA) is 45.5 Å². The first-order chi connectivity index (χ1) is 12.7. The second-order valence-corrected chi connectivity index (χ2v) is 7.42. The number of hydrogen-bond acceptors (Lipinski definition) is 3. The van der Waals surface area contributed by atoms with Gasteiger partial charge in [-0.3, -0.25) is 9.69 Å². The summed E-state index contributed by atoms with van der Waals surface area (Å²) < 4.78 is 5.93. The number of carbonyl (C=O) groups is 1. The molecule has 1 aromatic heterocycles. The Morgan fingerprint density at radius 1 is 1.08 bits per heavy atom. The summed E-state index contributed by atoms with van der Waals surface area (Å²) in [7, 11) is 0. The van der Waals surface area contributed by atoms with E-state index in [1.165, 1.54) is 29.2 Å². The van der Waals surface area contributed by atoms with Crippen LogP contribution in [0.1, 0.15) is 35.0 Å². The number of fused-ring (bicyclic) bond motifs is 1. The van der Waals surface area contributed by atoms with E-state index in [9.17, 15) is 4.79 Å². The van der Waals surface area contributed by atoms with Crippen LogP contribution in [-0.2, 0) is 0 Å². The van der Waals surface area contributed by atoms with Crippen molar-refractivity contribution in [1.82, 2.24) is 10.2 Å². The highest BCUT2D eigenvalue weighted by molar-refractivity contribution is 9.10. The molecule has 1 amide bonds. The van der Waals surface area contributed by atoms with Gasteiger partial charge >= 0.3 is 0 Å². The maximum atomic E-state index is 12.4. The van der Waals surface area contributed by atoms with E-state index in [4.69, 9.17) is 4.42 Å². The third-order valence-electron chi connectivity index (χ3n) is 5.02. The van der Waals surface area contributed by atoms with Crippen molar-refractivity contribution in [3.8, 4) is 0 Å². The SMILES string of the molecule is O=C(NCC(c1cccc2ccccc12)N1CCCC1)c1ccc(Br)o1. The minimum Gasteiger partial charge on any atom is -0.444 e. The first kappa shape index (κ1) is 17.3. The Morgan fingerprint density at radius 2 is 1.85 bits per heavy atom. The molecule has 2 aromatic carbocycles. The third-order valence-corrected chi connectivity index (χ3v) is 5.44. The van der Waals surface area contributed by atoms with Crippen molar-refractivity contribution in [2.75, 3.05) is 19.6 Å². The van der Waals surface area contributed by atoms with Crippen molar-refractivity contribution < 1.29 is 9.21 Å². The van der Waals surface area contributed by atoms with Crippen LogP contribution in [-0.4, -0.2) is 30.4 Å². The summed E-state index contributed by atoms with van der Waals surface area (Å²) in [6.07, 6.45) is 2.42. The number of furan rings is 1. The Balaban J connectivity index is 1.61. The number of rotatable bonds is 5. The van der Waals surface area contributed by atoms with Crippen molar-refractivity contribution >= 4 is 32.6 Å². The molecular weight excluding hydrogens is 392 g/mol. The maximum absolute atomic E-state index is 12.4. The molecule has 5 heteroatoms. The van der Waals surface area contributed by atoms with E-state index < -0.39 is 0 Å². The molecule has 4 nitrogen and oxygen atoms in total. The van der Waals surface area contributed by atoms with Crippen LogP contribution < -0.4 is 5.32 Å². The van der Waals surface area contributed by atoms with Crippen molar-refractivity contribution in [2.45, 2.75) is 18.9 Å². The van der Waals surface area contributed by atoms with Crippen molar-refractivity contribution in [1.29, 1.82) is 0 Å².